The van der Waals surface area contributed by atoms with Crippen LogP contribution in [0.5, 0.6) is 0 Å². The van der Waals surface area contributed by atoms with E-state index in [4.69, 9.17) is 4.52 Å². The van der Waals surface area contributed by atoms with Crippen LogP contribution in [0.4, 0.5) is 0 Å². The van der Waals surface area contributed by atoms with Gasteiger partial charge in [-0.15, -0.1) is 24.2 Å². The number of rotatable bonds is 7. The minimum Gasteiger partial charge on any atom is -0.361 e. The quantitative estimate of drug-likeness (QED) is 0.666. The van der Waals surface area contributed by atoms with Gasteiger partial charge in [0.25, 0.3) is 5.91 Å². The van der Waals surface area contributed by atoms with E-state index in [0.29, 0.717) is 0 Å². The van der Waals surface area contributed by atoms with Crippen molar-refractivity contribution in [1.29, 1.82) is 0 Å². The minimum atomic E-state index is 0. The predicted octanol–water partition coefficient (Wildman–Crippen LogP) is 4.47. The summed E-state index contributed by atoms with van der Waals surface area (Å²) >= 11 is 1.68. The Bertz CT molecular complexity index is 753. The van der Waals surface area contributed by atoms with Crippen LogP contribution in [0.15, 0.2) is 33.7 Å². The second-order valence-corrected chi connectivity index (χ2v) is 8.23. The molecule has 7 heteroatoms. The Hall–Kier alpha value is -1.50. The molecule has 0 atom stereocenters. The van der Waals surface area contributed by atoms with Crippen LogP contribution in [0.25, 0.3) is 0 Å². The summed E-state index contributed by atoms with van der Waals surface area (Å²) in [5.41, 5.74) is 2.85. The van der Waals surface area contributed by atoms with E-state index in [1.54, 1.807) is 11.8 Å². The largest absolute Gasteiger partial charge is 0.361 e. The van der Waals surface area contributed by atoms with Gasteiger partial charge >= 0.3 is 0 Å². The summed E-state index contributed by atoms with van der Waals surface area (Å²) in [7, 11) is 2.00. The maximum atomic E-state index is 13.1. The Kier molecular flexibility index (Phi) is 8.86. The van der Waals surface area contributed by atoms with Crippen LogP contribution in [-0.2, 0) is 5.75 Å². The lowest BCUT2D eigenvalue weighted by Crippen LogP contribution is -2.39. The molecule has 1 aliphatic rings. The number of piperidine rings is 1. The maximum absolute atomic E-state index is 13.1. The summed E-state index contributed by atoms with van der Waals surface area (Å²) in [6, 6.07) is 7.93. The summed E-state index contributed by atoms with van der Waals surface area (Å²) in [4.78, 5) is 16.2. The monoisotopic (exact) mass is 423 g/mol. The molecule has 1 fully saturated rings. The number of likely N-dealkylation sites (tertiary alicyclic amines) is 1. The molecule has 1 aromatic heterocycles. The fourth-order valence-electron chi connectivity index (χ4n) is 3.57. The molecule has 0 spiro atoms. The molecule has 28 heavy (non-hydrogen) atoms. The Morgan fingerprint density at radius 2 is 2.00 bits per heavy atom. The van der Waals surface area contributed by atoms with E-state index in [1.165, 1.54) is 6.42 Å². The van der Waals surface area contributed by atoms with Gasteiger partial charge in [-0.05, 0) is 64.8 Å². The molecule has 154 valence electrons. The number of halogens is 1. The second-order valence-electron chi connectivity index (χ2n) is 7.22. The Labute approximate surface area is 178 Å². The number of aryl methyl sites for hydroxylation is 2. The number of aromatic nitrogens is 1. The summed E-state index contributed by atoms with van der Waals surface area (Å²) in [6.07, 6.45) is 3.39. The minimum absolute atomic E-state index is 0. The summed E-state index contributed by atoms with van der Waals surface area (Å²) in [5.74, 6) is 2.50. The number of nitrogens with one attached hydrogen (secondary N) is 1. The Morgan fingerprint density at radius 3 is 2.64 bits per heavy atom. The fraction of sp³-hybridized carbons (Fsp3) is 0.524. The van der Waals surface area contributed by atoms with E-state index >= 15 is 0 Å². The van der Waals surface area contributed by atoms with Crippen molar-refractivity contribution in [2.24, 2.45) is 5.92 Å². The first kappa shape index (κ1) is 22.8. The zero-order chi connectivity index (χ0) is 19.2. The number of carbonyl (C=O) groups excluding carboxylic acids is 1. The number of amides is 1. The third-order valence-corrected chi connectivity index (χ3v) is 6.48. The smallest absolute Gasteiger partial charge is 0.254 e. The number of carbonyl (C=O) groups is 1. The van der Waals surface area contributed by atoms with E-state index in [0.717, 1.165) is 71.6 Å². The topological polar surface area (TPSA) is 58.4 Å². The van der Waals surface area contributed by atoms with E-state index in [9.17, 15) is 4.79 Å². The molecular weight excluding hydrogens is 394 g/mol. The van der Waals surface area contributed by atoms with Gasteiger partial charge in [0.2, 0.25) is 0 Å². The lowest BCUT2D eigenvalue weighted by molar-refractivity contribution is 0.0683. The summed E-state index contributed by atoms with van der Waals surface area (Å²) in [5, 5.41) is 7.24. The molecule has 0 unspecified atom stereocenters. The maximum Gasteiger partial charge on any atom is 0.254 e. The van der Waals surface area contributed by atoms with Crippen LogP contribution in [0.2, 0.25) is 0 Å². The average molecular weight is 424 g/mol. The van der Waals surface area contributed by atoms with Crippen molar-refractivity contribution in [2.45, 2.75) is 43.8 Å². The summed E-state index contributed by atoms with van der Waals surface area (Å²) < 4.78 is 5.25. The van der Waals surface area contributed by atoms with Gasteiger partial charge in [0.15, 0.2) is 0 Å². The lowest BCUT2D eigenvalue weighted by atomic mass is 9.93. The molecule has 1 N–H and O–H groups in total. The molecule has 1 aliphatic heterocycles. The number of benzene rings is 1. The SMILES string of the molecule is CNCCC1CCN(C(=O)c2ccccc2SCc2c(C)noc2C)CC1.Cl. The zero-order valence-electron chi connectivity index (χ0n) is 16.9. The van der Waals surface area contributed by atoms with Crippen molar-refractivity contribution in [3.63, 3.8) is 0 Å². The highest BCUT2D eigenvalue weighted by atomic mass is 35.5. The first-order valence-corrected chi connectivity index (χ1v) is 10.7. The van der Waals surface area contributed by atoms with Gasteiger partial charge in [-0.25, -0.2) is 0 Å². The van der Waals surface area contributed by atoms with E-state index in [1.807, 2.05) is 50.1 Å². The van der Waals surface area contributed by atoms with Gasteiger partial charge in [0.05, 0.1) is 11.3 Å². The van der Waals surface area contributed by atoms with E-state index in [-0.39, 0.29) is 18.3 Å². The van der Waals surface area contributed by atoms with Gasteiger partial charge in [-0.2, -0.15) is 0 Å². The number of nitrogens with zero attached hydrogens (tertiary/aromatic N) is 2. The molecule has 0 aliphatic carbocycles. The van der Waals surface area contributed by atoms with E-state index < -0.39 is 0 Å². The van der Waals surface area contributed by atoms with Crippen molar-refractivity contribution >= 4 is 30.1 Å². The highest BCUT2D eigenvalue weighted by Gasteiger charge is 2.25. The van der Waals surface area contributed by atoms with Gasteiger partial charge in [-0.3, -0.25) is 4.79 Å². The predicted molar refractivity (Wildman–Crippen MR) is 116 cm³/mol. The Balaban J connectivity index is 0.00000280. The third kappa shape index (κ3) is 5.52. The zero-order valence-corrected chi connectivity index (χ0v) is 18.5. The van der Waals surface area contributed by atoms with Crippen LogP contribution < -0.4 is 5.32 Å². The van der Waals surface area contributed by atoms with E-state index in [2.05, 4.69) is 10.5 Å². The number of hydrogen-bond acceptors (Lipinski definition) is 5. The number of hydrogen-bond donors (Lipinski definition) is 1. The van der Waals surface area contributed by atoms with Crippen molar-refractivity contribution in [2.75, 3.05) is 26.7 Å². The summed E-state index contributed by atoms with van der Waals surface area (Å²) in [6.45, 7) is 6.67. The molecule has 3 rings (SSSR count). The number of thioether (sulfide) groups is 1. The second kappa shape index (κ2) is 10.9. The van der Waals surface area contributed by atoms with Gasteiger partial charge < -0.3 is 14.7 Å². The van der Waals surface area contributed by atoms with Crippen molar-refractivity contribution in [3.8, 4) is 0 Å². The Morgan fingerprint density at radius 1 is 1.29 bits per heavy atom. The standard InChI is InChI=1S/C21H29N3O2S.ClH/c1-15-19(16(2)26-23-15)14-27-20-7-5-4-6-18(20)21(25)24-12-9-17(10-13-24)8-11-22-3;/h4-7,17,22H,8-14H2,1-3H3;1H. The molecule has 1 saturated heterocycles. The molecular formula is C21H30ClN3O2S. The van der Waals surface area contributed by atoms with Crippen LogP contribution in [-0.4, -0.2) is 42.6 Å². The van der Waals surface area contributed by atoms with Crippen molar-refractivity contribution < 1.29 is 9.32 Å². The molecule has 1 amide bonds. The van der Waals surface area contributed by atoms with Gasteiger partial charge in [0, 0.05) is 29.3 Å². The van der Waals surface area contributed by atoms with Crippen LogP contribution >= 0.6 is 24.2 Å². The molecule has 0 bridgehead atoms. The first-order chi connectivity index (χ1) is 13.1. The van der Waals surface area contributed by atoms with Crippen LogP contribution in [0.1, 0.15) is 46.6 Å². The van der Waals surface area contributed by atoms with Gasteiger partial charge in [-0.1, -0.05) is 17.3 Å². The fourth-order valence-corrected chi connectivity index (χ4v) is 4.77. The lowest BCUT2D eigenvalue weighted by Gasteiger charge is -2.32. The molecule has 2 heterocycles. The third-order valence-electron chi connectivity index (χ3n) is 5.38. The average Bonchev–Trinajstić information content (AvgIpc) is 3.02. The highest BCUT2D eigenvalue weighted by molar-refractivity contribution is 7.98. The molecule has 2 aromatic rings. The highest BCUT2D eigenvalue weighted by Crippen LogP contribution is 2.30. The van der Waals surface area contributed by atoms with Gasteiger partial charge in [0.1, 0.15) is 5.76 Å². The van der Waals surface area contributed by atoms with Crippen molar-refractivity contribution in [1.82, 2.24) is 15.4 Å². The molecule has 0 radical (unpaired) electrons. The van der Waals surface area contributed by atoms with Crippen molar-refractivity contribution in [3.05, 3.63) is 46.8 Å². The van der Waals surface area contributed by atoms with Crippen LogP contribution in [0, 0.1) is 19.8 Å². The normalized spacial score (nSPS) is 14.8. The van der Waals surface area contributed by atoms with Crippen LogP contribution in [0.3, 0.4) is 0 Å². The first-order valence-electron chi connectivity index (χ1n) is 9.67. The molecule has 5 nitrogen and oxygen atoms in total. The molecule has 0 saturated carbocycles. The molecule has 1 aromatic carbocycles.